The van der Waals surface area contributed by atoms with Gasteiger partial charge in [-0.15, -0.1) is 0 Å². The van der Waals surface area contributed by atoms with Crippen LogP contribution in [0.25, 0.3) is 11.0 Å². The number of hydrogen-bond acceptors (Lipinski definition) is 5. The molecule has 0 atom stereocenters. The summed E-state index contributed by atoms with van der Waals surface area (Å²) in [4.78, 5) is 13.1. The summed E-state index contributed by atoms with van der Waals surface area (Å²) in [6, 6.07) is 19.8. The number of methoxy groups -OCH3 is 1. The maximum atomic E-state index is 13.7. The maximum absolute atomic E-state index is 13.7. The highest BCUT2D eigenvalue weighted by molar-refractivity contribution is 7.92. The molecule has 32 heavy (non-hydrogen) atoms. The zero-order valence-corrected chi connectivity index (χ0v) is 19.0. The first-order chi connectivity index (χ1) is 15.3. The van der Waals surface area contributed by atoms with Crippen LogP contribution in [0.3, 0.4) is 0 Å². The van der Waals surface area contributed by atoms with Gasteiger partial charge in [-0.3, -0.25) is 4.79 Å². The molecule has 0 spiro atoms. The fraction of sp³-hybridized carbons (Fsp3) is 0.125. The van der Waals surface area contributed by atoms with E-state index in [-0.39, 0.29) is 33.9 Å². The van der Waals surface area contributed by atoms with E-state index in [0.717, 1.165) is 9.87 Å². The Morgan fingerprint density at radius 3 is 2.34 bits per heavy atom. The zero-order chi connectivity index (χ0) is 22.9. The number of fused-ring (bicyclic) bond motifs is 1. The van der Waals surface area contributed by atoms with Gasteiger partial charge in [0.2, 0.25) is 5.88 Å². The summed E-state index contributed by atoms with van der Waals surface area (Å²) in [7, 11) is -2.57. The molecule has 3 aromatic carbocycles. The van der Waals surface area contributed by atoms with Crippen LogP contribution in [0.15, 0.2) is 86.9 Å². The van der Waals surface area contributed by atoms with Crippen LogP contribution in [0.5, 0.6) is 5.75 Å². The number of benzene rings is 3. The molecule has 0 aliphatic carbocycles. The first kappa shape index (κ1) is 21.9. The minimum atomic E-state index is -4.07. The van der Waals surface area contributed by atoms with Crippen molar-refractivity contribution in [2.45, 2.75) is 18.4 Å². The molecule has 0 saturated carbocycles. The van der Waals surface area contributed by atoms with Crippen molar-refractivity contribution in [1.29, 1.82) is 0 Å². The number of rotatable bonds is 6. The van der Waals surface area contributed by atoms with E-state index in [9.17, 15) is 13.2 Å². The van der Waals surface area contributed by atoms with Gasteiger partial charge < -0.3 is 9.15 Å². The van der Waals surface area contributed by atoms with Gasteiger partial charge >= 0.3 is 0 Å². The molecular weight excluding hydrogens is 450 g/mol. The lowest BCUT2D eigenvalue weighted by molar-refractivity contribution is 0.414. The molecule has 4 aromatic rings. The molecule has 0 fully saturated rings. The summed E-state index contributed by atoms with van der Waals surface area (Å²) in [5.74, 6) is 0.494. The molecule has 6 nitrogen and oxygen atoms in total. The van der Waals surface area contributed by atoms with Crippen molar-refractivity contribution in [1.82, 2.24) is 0 Å². The molecule has 164 valence electrons. The van der Waals surface area contributed by atoms with E-state index in [1.54, 1.807) is 31.2 Å². The normalized spacial score (nSPS) is 11.5. The van der Waals surface area contributed by atoms with Crippen LogP contribution in [0.1, 0.15) is 11.1 Å². The average Bonchev–Trinajstić information content (AvgIpc) is 2.81. The van der Waals surface area contributed by atoms with Crippen molar-refractivity contribution in [3.8, 4) is 5.75 Å². The van der Waals surface area contributed by atoms with Crippen LogP contribution in [0.2, 0.25) is 5.02 Å². The van der Waals surface area contributed by atoms with Gasteiger partial charge in [-0.1, -0.05) is 41.9 Å². The summed E-state index contributed by atoms with van der Waals surface area (Å²) < 4.78 is 39.6. The Bertz CT molecular complexity index is 1430. The van der Waals surface area contributed by atoms with Gasteiger partial charge in [0, 0.05) is 5.02 Å². The molecule has 0 unspecified atom stereocenters. The van der Waals surface area contributed by atoms with Crippen molar-refractivity contribution in [3.63, 3.8) is 0 Å². The van der Waals surface area contributed by atoms with Crippen LogP contribution in [-0.4, -0.2) is 15.5 Å². The molecule has 1 heterocycles. The summed E-state index contributed by atoms with van der Waals surface area (Å²) in [5, 5.41) is 0.684. The van der Waals surface area contributed by atoms with Gasteiger partial charge in [-0.25, -0.2) is 12.7 Å². The van der Waals surface area contributed by atoms with Crippen molar-refractivity contribution >= 4 is 38.5 Å². The van der Waals surface area contributed by atoms with Crippen molar-refractivity contribution < 1.29 is 17.6 Å². The molecule has 0 saturated heterocycles. The second-order valence-electron chi connectivity index (χ2n) is 7.17. The van der Waals surface area contributed by atoms with Crippen molar-refractivity contribution in [3.05, 3.63) is 99.2 Å². The molecule has 0 bridgehead atoms. The highest BCUT2D eigenvalue weighted by Gasteiger charge is 2.30. The average molecular weight is 470 g/mol. The number of sulfonamides is 1. The van der Waals surface area contributed by atoms with Gasteiger partial charge in [-0.05, 0) is 55.0 Å². The predicted octanol–water partition coefficient (Wildman–Crippen LogP) is 5.16. The lowest BCUT2D eigenvalue weighted by atomic mass is 10.1. The highest BCUT2D eigenvalue weighted by Crippen LogP contribution is 2.31. The van der Waals surface area contributed by atoms with Gasteiger partial charge in [0.05, 0.1) is 29.5 Å². The lowest BCUT2D eigenvalue weighted by Gasteiger charge is -2.24. The van der Waals surface area contributed by atoms with E-state index in [1.165, 1.54) is 25.3 Å². The third-order valence-corrected chi connectivity index (χ3v) is 7.08. The lowest BCUT2D eigenvalue weighted by Crippen LogP contribution is -2.32. The number of halogens is 1. The third kappa shape index (κ3) is 4.09. The number of hydrogen-bond donors (Lipinski definition) is 0. The molecule has 0 amide bonds. The maximum Gasteiger partial charge on any atom is 0.266 e. The smallest absolute Gasteiger partial charge is 0.266 e. The highest BCUT2D eigenvalue weighted by atomic mass is 35.5. The van der Waals surface area contributed by atoms with Crippen LogP contribution in [0, 0.1) is 6.92 Å². The number of anilines is 1. The second kappa shape index (κ2) is 8.68. The molecule has 1 aromatic heterocycles. The largest absolute Gasteiger partial charge is 0.497 e. The third-order valence-electron chi connectivity index (χ3n) is 5.10. The fourth-order valence-electron chi connectivity index (χ4n) is 3.38. The molecule has 0 radical (unpaired) electrons. The van der Waals surface area contributed by atoms with E-state index in [0.29, 0.717) is 16.2 Å². The van der Waals surface area contributed by atoms with Gasteiger partial charge in [0.1, 0.15) is 11.3 Å². The Kier molecular flexibility index (Phi) is 5.95. The Hall–Kier alpha value is -3.29. The van der Waals surface area contributed by atoms with E-state index in [2.05, 4.69) is 0 Å². The summed E-state index contributed by atoms with van der Waals surface area (Å²) in [6.07, 6.45) is 0. The molecular formula is C24H20ClNO5S. The van der Waals surface area contributed by atoms with E-state index < -0.39 is 10.0 Å². The molecule has 8 heteroatoms. The standard InChI is InChI=1S/C24H20ClNO5S/c1-16-23(27)21-14-18(25)8-13-22(21)31-24(16)26(15-17-6-4-3-5-7-17)32(28,29)20-11-9-19(30-2)10-12-20/h3-14H,15H2,1-2H3. The minimum absolute atomic E-state index is 0.0158. The first-order valence-corrected chi connectivity index (χ1v) is 11.6. The summed E-state index contributed by atoms with van der Waals surface area (Å²) in [6.45, 7) is 1.53. The van der Waals surface area contributed by atoms with E-state index >= 15 is 0 Å². The first-order valence-electron chi connectivity index (χ1n) is 9.75. The van der Waals surface area contributed by atoms with Crippen molar-refractivity contribution in [2.75, 3.05) is 11.4 Å². The Balaban J connectivity index is 1.93. The Morgan fingerprint density at radius 1 is 1.00 bits per heavy atom. The van der Waals surface area contributed by atoms with Crippen LogP contribution in [-0.2, 0) is 16.6 Å². The van der Waals surface area contributed by atoms with Crippen molar-refractivity contribution in [2.24, 2.45) is 0 Å². The van der Waals surface area contributed by atoms with Crippen LogP contribution < -0.4 is 14.5 Å². The molecule has 4 rings (SSSR count). The summed E-state index contributed by atoms with van der Waals surface area (Å²) in [5.41, 5.74) is 0.824. The topological polar surface area (TPSA) is 76.8 Å². The van der Waals surface area contributed by atoms with Crippen LogP contribution in [0.4, 0.5) is 5.88 Å². The van der Waals surface area contributed by atoms with Gasteiger partial charge in [-0.2, -0.15) is 0 Å². The second-order valence-corrected chi connectivity index (χ2v) is 9.47. The molecule has 0 N–H and O–H groups in total. The Labute approximate surface area is 190 Å². The zero-order valence-electron chi connectivity index (χ0n) is 17.4. The number of nitrogens with zero attached hydrogens (tertiary/aromatic N) is 1. The molecule has 0 aliphatic rings. The van der Waals surface area contributed by atoms with Gasteiger partial charge in [0.25, 0.3) is 10.0 Å². The van der Waals surface area contributed by atoms with Gasteiger partial charge in [0.15, 0.2) is 5.43 Å². The summed E-state index contributed by atoms with van der Waals surface area (Å²) >= 11 is 6.03. The minimum Gasteiger partial charge on any atom is -0.497 e. The molecule has 0 aliphatic heterocycles. The Morgan fingerprint density at radius 2 is 1.69 bits per heavy atom. The fourth-order valence-corrected chi connectivity index (χ4v) is 4.99. The van der Waals surface area contributed by atoms with E-state index in [4.69, 9.17) is 20.8 Å². The monoisotopic (exact) mass is 469 g/mol. The quantitative estimate of drug-likeness (QED) is 0.390. The SMILES string of the molecule is COc1ccc(S(=O)(=O)N(Cc2ccccc2)c2oc3ccc(Cl)cc3c(=O)c2C)cc1. The predicted molar refractivity (Wildman–Crippen MR) is 125 cm³/mol. The van der Waals surface area contributed by atoms with Crippen LogP contribution >= 0.6 is 11.6 Å². The number of ether oxygens (including phenoxy) is 1. The van der Waals surface area contributed by atoms with E-state index in [1.807, 2.05) is 30.3 Å².